The Kier molecular flexibility index (Phi) is 11.4. The molecule has 0 fully saturated rings. The maximum atomic E-state index is 14.3. The second-order valence-corrected chi connectivity index (χ2v) is 9.32. The number of halogens is 1. The van der Waals surface area contributed by atoms with Gasteiger partial charge in [-0.15, -0.1) is 0 Å². The van der Waals surface area contributed by atoms with E-state index in [1.807, 2.05) is 55.5 Å². The standard InChI is InChI=1S/C31H40FN3O3/c1-5-34(6-2)20-12-13-24(3)35(31(36)33-28-17-11-10-16-27(28)32)22-26-18-19-29(30(21-26)37-4)38-23-25-14-8-7-9-15-25/h7-11,14-19,21,24H,5-6,12-13,20,22-23H2,1-4H3,(H,33,36). The normalized spacial score (nSPS) is 11.7. The first kappa shape index (κ1) is 29.0. The monoisotopic (exact) mass is 521 g/mol. The first-order valence-corrected chi connectivity index (χ1v) is 13.3. The maximum absolute atomic E-state index is 14.3. The second-order valence-electron chi connectivity index (χ2n) is 9.32. The lowest BCUT2D eigenvalue weighted by Crippen LogP contribution is -2.41. The van der Waals surface area contributed by atoms with E-state index >= 15 is 0 Å². The van der Waals surface area contributed by atoms with Crippen molar-refractivity contribution in [2.45, 2.75) is 52.8 Å². The molecular weight excluding hydrogens is 481 g/mol. The Hall–Kier alpha value is -3.58. The number of hydrogen-bond acceptors (Lipinski definition) is 4. The quantitative estimate of drug-likeness (QED) is 0.249. The molecule has 2 amide bonds. The van der Waals surface area contributed by atoms with Crippen LogP contribution in [0, 0.1) is 5.82 Å². The molecular formula is C31H40FN3O3. The third-order valence-electron chi connectivity index (χ3n) is 6.72. The van der Waals surface area contributed by atoms with E-state index in [1.54, 1.807) is 30.2 Å². The molecule has 3 aromatic rings. The number of benzene rings is 3. The highest BCUT2D eigenvalue weighted by Crippen LogP contribution is 2.30. The minimum Gasteiger partial charge on any atom is -0.493 e. The molecule has 0 aliphatic heterocycles. The van der Waals surface area contributed by atoms with E-state index in [-0.39, 0.29) is 17.8 Å². The minimum atomic E-state index is -0.462. The largest absolute Gasteiger partial charge is 0.493 e. The third kappa shape index (κ3) is 8.48. The summed E-state index contributed by atoms with van der Waals surface area (Å²) in [4.78, 5) is 17.5. The molecule has 0 aromatic heterocycles. The lowest BCUT2D eigenvalue weighted by Gasteiger charge is -2.30. The summed E-state index contributed by atoms with van der Waals surface area (Å²) < 4.78 is 25.9. The van der Waals surface area contributed by atoms with Crippen LogP contribution in [0.25, 0.3) is 0 Å². The Morgan fingerprint density at radius 1 is 0.947 bits per heavy atom. The van der Waals surface area contributed by atoms with Gasteiger partial charge in [-0.1, -0.05) is 62.4 Å². The summed E-state index contributed by atoms with van der Waals surface area (Å²) in [5.74, 6) is 0.772. The van der Waals surface area contributed by atoms with Crippen molar-refractivity contribution in [1.29, 1.82) is 0 Å². The molecule has 1 unspecified atom stereocenters. The highest BCUT2D eigenvalue weighted by atomic mass is 19.1. The molecule has 0 aliphatic carbocycles. The van der Waals surface area contributed by atoms with Gasteiger partial charge in [-0.3, -0.25) is 0 Å². The van der Waals surface area contributed by atoms with Crippen LogP contribution in [0.5, 0.6) is 11.5 Å². The van der Waals surface area contributed by atoms with E-state index in [2.05, 4.69) is 24.1 Å². The van der Waals surface area contributed by atoms with Crippen molar-refractivity contribution in [1.82, 2.24) is 9.80 Å². The number of carbonyl (C=O) groups excluding carboxylic acids is 1. The zero-order valence-electron chi connectivity index (χ0n) is 23.0. The molecule has 6 nitrogen and oxygen atoms in total. The van der Waals surface area contributed by atoms with Gasteiger partial charge in [0.15, 0.2) is 11.5 Å². The fraction of sp³-hybridized carbons (Fsp3) is 0.387. The van der Waals surface area contributed by atoms with Gasteiger partial charge >= 0.3 is 6.03 Å². The number of nitrogens with one attached hydrogen (secondary N) is 1. The summed E-state index contributed by atoms with van der Waals surface area (Å²) in [5, 5.41) is 2.76. The van der Waals surface area contributed by atoms with Gasteiger partial charge in [-0.05, 0) is 74.8 Å². The van der Waals surface area contributed by atoms with Crippen LogP contribution < -0.4 is 14.8 Å². The van der Waals surface area contributed by atoms with Crippen LogP contribution in [0.15, 0.2) is 72.8 Å². The molecule has 0 saturated heterocycles. The molecule has 0 heterocycles. The Bertz CT molecular complexity index is 1140. The van der Waals surface area contributed by atoms with Gasteiger partial charge < -0.3 is 24.6 Å². The lowest BCUT2D eigenvalue weighted by molar-refractivity contribution is 0.180. The number of carbonyl (C=O) groups is 1. The van der Waals surface area contributed by atoms with Crippen molar-refractivity contribution in [2.24, 2.45) is 0 Å². The van der Waals surface area contributed by atoms with Gasteiger partial charge in [0, 0.05) is 12.6 Å². The van der Waals surface area contributed by atoms with Gasteiger partial charge in [0.25, 0.3) is 0 Å². The molecule has 3 rings (SSSR count). The topological polar surface area (TPSA) is 54.0 Å². The van der Waals surface area contributed by atoms with Gasteiger partial charge in [0.05, 0.1) is 12.8 Å². The number of rotatable bonds is 14. The smallest absolute Gasteiger partial charge is 0.322 e. The van der Waals surface area contributed by atoms with E-state index in [9.17, 15) is 9.18 Å². The number of methoxy groups -OCH3 is 1. The van der Waals surface area contributed by atoms with Crippen molar-refractivity contribution in [2.75, 3.05) is 32.1 Å². The van der Waals surface area contributed by atoms with Crippen LogP contribution >= 0.6 is 0 Å². The molecule has 0 aliphatic rings. The number of para-hydroxylation sites is 1. The Morgan fingerprint density at radius 3 is 2.34 bits per heavy atom. The Balaban J connectivity index is 1.75. The van der Waals surface area contributed by atoms with Crippen molar-refractivity contribution in [3.63, 3.8) is 0 Å². The molecule has 0 spiro atoms. The van der Waals surface area contributed by atoms with E-state index < -0.39 is 5.82 Å². The van der Waals surface area contributed by atoms with Gasteiger partial charge in [-0.2, -0.15) is 0 Å². The van der Waals surface area contributed by atoms with Crippen LogP contribution in [0.1, 0.15) is 44.7 Å². The van der Waals surface area contributed by atoms with Crippen molar-refractivity contribution in [3.8, 4) is 11.5 Å². The SMILES string of the molecule is CCN(CC)CCCC(C)N(Cc1ccc(OCc2ccccc2)c(OC)c1)C(=O)Nc1ccccc1F. The highest BCUT2D eigenvalue weighted by molar-refractivity contribution is 5.89. The summed E-state index contributed by atoms with van der Waals surface area (Å²) in [6.45, 7) is 10.1. The van der Waals surface area contributed by atoms with Crippen molar-refractivity contribution in [3.05, 3.63) is 89.7 Å². The van der Waals surface area contributed by atoms with Crippen LogP contribution in [-0.4, -0.2) is 48.6 Å². The molecule has 1 N–H and O–H groups in total. The molecule has 0 bridgehead atoms. The molecule has 1 atom stereocenters. The minimum absolute atomic E-state index is 0.0580. The van der Waals surface area contributed by atoms with Crippen molar-refractivity contribution >= 4 is 11.7 Å². The average molecular weight is 522 g/mol. The first-order valence-electron chi connectivity index (χ1n) is 13.3. The number of nitrogens with zero attached hydrogens (tertiary/aromatic N) is 2. The average Bonchev–Trinajstić information content (AvgIpc) is 2.94. The van der Waals surface area contributed by atoms with Crippen LogP contribution in [-0.2, 0) is 13.2 Å². The van der Waals surface area contributed by atoms with E-state index in [1.165, 1.54) is 6.07 Å². The molecule has 0 radical (unpaired) electrons. The Labute approximate surface area is 226 Å². The number of anilines is 1. The summed E-state index contributed by atoms with van der Waals surface area (Å²) in [7, 11) is 1.60. The predicted molar refractivity (Wildman–Crippen MR) is 151 cm³/mol. The van der Waals surface area contributed by atoms with Gasteiger partial charge in [-0.25, -0.2) is 9.18 Å². The highest BCUT2D eigenvalue weighted by Gasteiger charge is 2.22. The summed E-state index contributed by atoms with van der Waals surface area (Å²) in [6.07, 6.45) is 1.79. The van der Waals surface area contributed by atoms with E-state index in [0.29, 0.717) is 24.7 Å². The lowest BCUT2D eigenvalue weighted by atomic mass is 10.1. The summed E-state index contributed by atoms with van der Waals surface area (Å²) in [5.41, 5.74) is 2.13. The van der Waals surface area contributed by atoms with Gasteiger partial charge in [0.1, 0.15) is 12.4 Å². The van der Waals surface area contributed by atoms with Crippen LogP contribution in [0.3, 0.4) is 0 Å². The number of amides is 2. The van der Waals surface area contributed by atoms with Crippen molar-refractivity contribution < 1.29 is 18.7 Å². The molecule has 204 valence electrons. The molecule has 3 aromatic carbocycles. The molecule has 7 heteroatoms. The van der Waals surface area contributed by atoms with Crippen LogP contribution in [0.4, 0.5) is 14.9 Å². The zero-order chi connectivity index (χ0) is 27.3. The fourth-order valence-corrected chi connectivity index (χ4v) is 4.34. The first-order chi connectivity index (χ1) is 18.4. The summed E-state index contributed by atoms with van der Waals surface area (Å²) >= 11 is 0. The third-order valence-corrected chi connectivity index (χ3v) is 6.72. The predicted octanol–water partition coefficient (Wildman–Crippen LogP) is 6.96. The number of hydrogen-bond donors (Lipinski definition) is 1. The number of urea groups is 1. The maximum Gasteiger partial charge on any atom is 0.322 e. The van der Waals surface area contributed by atoms with Crippen LogP contribution in [0.2, 0.25) is 0 Å². The number of ether oxygens (including phenoxy) is 2. The Morgan fingerprint density at radius 2 is 1.66 bits per heavy atom. The molecule has 0 saturated carbocycles. The molecule has 38 heavy (non-hydrogen) atoms. The summed E-state index contributed by atoms with van der Waals surface area (Å²) in [6, 6.07) is 21.5. The van der Waals surface area contributed by atoms with Gasteiger partial charge in [0.2, 0.25) is 0 Å². The second kappa shape index (κ2) is 15.0. The van der Waals surface area contributed by atoms with E-state index in [4.69, 9.17) is 9.47 Å². The van der Waals surface area contributed by atoms with E-state index in [0.717, 1.165) is 43.6 Å². The fourth-order valence-electron chi connectivity index (χ4n) is 4.34. The zero-order valence-corrected chi connectivity index (χ0v) is 23.0.